The first-order chi connectivity index (χ1) is 7.57. The Balaban J connectivity index is 2.39. The number of hydrogen-bond acceptors (Lipinski definition) is 4. The lowest BCUT2D eigenvalue weighted by atomic mass is 10.1. The van der Waals surface area contributed by atoms with Gasteiger partial charge in [0.25, 0.3) is 10.0 Å². The number of nitrogens with two attached hydrogens (primary N) is 1. The van der Waals surface area contributed by atoms with E-state index in [0.29, 0.717) is 5.69 Å². The quantitative estimate of drug-likeness (QED) is 0.767. The number of hydrogen-bond donors (Lipinski definition) is 2. The molecule has 0 atom stereocenters. The van der Waals surface area contributed by atoms with Crippen LogP contribution in [0.1, 0.15) is 12.1 Å². The van der Waals surface area contributed by atoms with E-state index < -0.39 is 10.0 Å². The minimum Gasteiger partial charge on any atom is -0.313 e. The maximum absolute atomic E-state index is 11.2. The average Bonchev–Trinajstić information content (AvgIpc) is 2.29. The van der Waals surface area contributed by atoms with Gasteiger partial charge in [-0.2, -0.15) is 0 Å². The standard InChI is InChI=1S/C10H13N3O2S/c11-16(14,15)10-3-1-2-9(13-10)8-4-6-12-7-5-8/h1-4,12H,5-7H2,(H2,11,14,15). The Morgan fingerprint density at radius 3 is 2.81 bits per heavy atom. The molecule has 1 aliphatic rings. The summed E-state index contributed by atoms with van der Waals surface area (Å²) in [4.78, 5) is 4.06. The highest BCUT2D eigenvalue weighted by molar-refractivity contribution is 7.89. The third kappa shape index (κ3) is 2.46. The van der Waals surface area contributed by atoms with Crippen molar-refractivity contribution in [3.05, 3.63) is 30.0 Å². The zero-order chi connectivity index (χ0) is 11.6. The van der Waals surface area contributed by atoms with Crippen LogP contribution in [-0.2, 0) is 10.0 Å². The fourth-order valence-corrected chi connectivity index (χ4v) is 2.10. The van der Waals surface area contributed by atoms with E-state index >= 15 is 0 Å². The molecule has 0 amide bonds. The number of aromatic nitrogens is 1. The number of primary sulfonamides is 1. The Hall–Kier alpha value is -1.24. The molecular formula is C10H13N3O2S. The second kappa shape index (κ2) is 4.32. The van der Waals surface area contributed by atoms with Gasteiger partial charge in [-0.05, 0) is 30.7 Å². The summed E-state index contributed by atoms with van der Waals surface area (Å²) >= 11 is 0. The fourth-order valence-electron chi connectivity index (χ4n) is 1.61. The van der Waals surface area contributed by atoms with Crippen LogP contribution >= 0.6 is 0 Å². The van der Waals surface area contributed by atoms with Gasteiger partial charge in [-0.3, -0.25) is 0 Å². The Morgan fingerprint density at radius 1 is 1.38 bits per heavy atom. The van der Waals surface area contributed by atoms with E-state index in [1.54, 1.807) is 12.1 Å². The summed E-state index contributed by atoms with van der Waals surface area (Å²) in [6.07, 6.45) is 2.86. The van der Waals surface area contributed by atoms with Crippen molar-refractivity contribution in [2.75, 3.05) is 13.1 Å². The maximum Gasteiger partial charge on any atom is 0.255 e. The lowest BCUT2D eigenvalue weighted by Gasteiger charge is -2.13. The van der Waals surface area contributed by atoms with Gasteiger partial charge in [0.1, 0.15) is 0 Å². The lowest BCUT2D eigenvalue weighted by molar-refractivity contribution is 0.594. The van der Waals surface area contributed by atoms with Crippen LogP contribution in [0.2, 0.25) is 0 Å². The number of nitrogens with one attached hydrogen (secondary N) is 1. The highest BCUT2D eigenvalue weighted by atomic mass is 32.2. The molecule has 5 nitrogen and oxygen atoms in total. The maximum atomic E-state index is 11.2. The number of sulfonamides is 1. The second-order valence-electron chi connectivity index (χ2n) is 3.59. The van der Waals surface area contributed by atoms with Crippen molar-refractivity contribution in [3.63, 3.8) is 0 Å². The van der Waals surface area contributed by atoms with E-state index in [9.17, 15) is 8.42 Å². The van der Waals surface area contributed by atoms with Crippen LogP contribution in [0.15, 0.2) is 29.3 Å². The molecule has 1 aromatic heterocycles. The van der Waals surface area contributed by atoms with Crippen LogP contribution < -0.4 is 10.5 Å². The van der Waals surface area contributed by atoms with Gasteiger partial charge in [-0.1, -0.05) is 12.1 Å². The van der Waals surface area contributed by atoms with Gasteiger partial charge in [0.05, 0.1) is 5.69 Å². The van der Waals surface area contributed by atoms with Crippen LogP contribution in [0.25, 0.3) is 5.57 Å². The molecule has 0 bridgehead atoms. The monoisotopic (exact) mass is 239 g/mol. The molecule has 2 rings (SSSR count). The van der Waals surface area contributed by atoms with E-state index in [2.05, 4.69) is 10.3 Å². The number of rotatable bonds is 2. The molecule has 3 N–H and O–H groups in total. The van der Waals surface area contributed by atoms with Crippen LogP contribution in [-0.4, -0.2) is 26.5 Å². The first-order valence-corrected chi connectivity index (χ1v) is 6.52. The topological polar surface area (TPSA) is 85.1 Å². The predicted octanol–water partition coefficient (Wildman–Crippen LogP) is 0.106. The van der Waals surface area contributed by atoms with Crippen LogP contribution in [0.4, 0.5) is 0 Å². The van der Waals surface area contributed by atoms with Crippen LogP contribution in [0.5, 0.6) is 0 Å². The fraction of sp³-hybridized carbons (Fsp3) is 0.300. The molecule has 1 aromatic rings. The van der Waals surface area contributed by atoms with Gasteiger partial charge in [0.2, 0.25) is 0 Å². The summed E-state index contributed by atoms with van der Waals surface area (Å²) in [6, 6.07) is 4.86. The van der Waals surface area contributed by atoms with Crippen molar-refractivity contribution in [2.45, 2.75) is 11.4 Å². The minimum atomic E-state index is -3.72. The third-order valence-electron chi connectivity index (χ3n) is 2.41. The molecule has 0 radical (unpaired) electrons. The Bertz CT molecular complexity index is 523. The van der Waals surface area contributed by atoms with Crippen molar-refractivity contribution in [3.8, 4) is 0 Å². The molecule has 0 saturated heterocycles. The molecule has 0 fully saturated rings. The van der Waals surface area contributed by atoms with Crippen molar-refractivity contribution >= 4 is 15.6 Å². The summed E-state index contributed by atoms with van der Waals surface area (Å²) in [7, 11) is -3.72. The smallest absolute Gasteiger partial charge is 0.255 e. The van der Waals surface area contributed by atoms with Crippen molar-refractivity contribution in [2.24, 2.45) is 5.14 Å². The summed E-state index contributed by atoms with van der Waals surface area (Å²) in [5.41, 5.74) is 1.75. The zero-order valence-electron chi connectivity index (χ0n) is 8.68. The Kier molecular flexibility index (Phi) is 3.04. The number of nitrogens with zero attached hydrogens (tertiary/aromatic N) is 1. The molecule has 86 valence electrons. The summed E-state index contributed by atoms with van der Waals surface area (Å²) in [5.74, 6) is 0. The van der Waals surface area contributed by atoms with Crippen LogP contribution in [0, 0.1) is 0 Å². The van der Waals surface area contributed by atoms with Gasteiger partial charge in [0, 0.05) is 6.54 Å². The van der Waals surface area contributed by atoms with Gasteiger partial charge >= 0.3 is 0 Å². The van der Waals surface area contributed by atoms with Crippen molar-refractivity contribution in [1.29, 1.82) is 0 Å². The van der Waals surface area contributed by atoms with E-state index in [4.69, 9.17) is 5.14 Å². The summed E-state index contributed by atoms with van der Waals surface area (Å²) in [5, 5.41) is 8.14. The highest BCUT2D eigenvalue weighted by Gasteiger charge is 2.12. The van der Waals surface area contributed by atoms with E-state index in [1.807, 2.05) is 6.08 Å². The Labute approximate surface area is 94.4 Å². The molecule has 16 heavy (non-hydrogen) atoms. The normalized spacial score (nSPS) is 16.9. The molecule has 0 aromatic carbocycles. The molecule has 0 spiro atoms. The van der Waals surface area contributed by atoms with E-state index in [0.717, 1.165) is 25.1 Å². The van der Waals surface area contributed by atoms with Crippen LogP contribution in [0.3, 0.4) is 0 Å². The molecule has 0 aliphatic carbocycles. The van der Waals surface area contributed by atoms with Gasteiger partial charge in [-0.25, -0.2) is 18.5 Å². The van der Waals surface area contributed by atoms with Crippen molar-refractivity contribution < 1.29 is 8.42 Å². The SMILES string of the molecule is NS(=O)(=O)c1cccc(C2=CCNCC2)n1. The molecule has 2 heterocycles. The van der Waals surface area contributed by atoms with Gasteiger partial charge in [-0.15, -0.1) is 0 Å². The average molecular weight is 239 g/mol. The molecule has 1 aliphatic heterocycles. The van der Waals surface area contributed by atoms with Gasteiger partial charge < -0.3 is 5.32 Å². The third-order valence-corrected chi connectivity index (χ3v) is 3.22. The van der Waals surface area contributed by atoms with E-state index in [-0.39, 0.29) is 5.03 Å². The molecule has 0 saturated carbocycles. The summed E-state index contributed by atoms with van der Waals surface area (Å²) in [6.45, 7) is 1.67. The zero-order valence-corrected chi connectivity index (χ0v) is 9.50. The first kappa shape index (κ1) is 11.3. The van der Waals surface area contributed by atoms with Gasteiger partial charge in [0.15, 0.2) is 5.03 Å². The summed E-state index contributed by atoms with van der Waals surface area (Å²) < 4.78 is 22.3. The number of pyridine rings is 1. The molecule has 0 unspecified atom stereocenters. The molecular weight excluding hydrogens is 226 g/mol. The van der Waals surface area contributed by atoms with E-state index in [1.165, 1.54) is 6.07 Å². The first-order valence-electron chi connectivity index (χ1n) is 4.97. The molecule has 6 heteroatoms. The lowest BCUT2D eigenvalue weighted by Crippen LogP contribution is -2.21. The minimum absolute atomic E-state index is 0.0792. The Morgan fingerprint density at radius 2 is 2.19 bits per heavy atom. The largest absolute Gasteiger partial charge is 0.313 e. The van der Waals surface area contributed by atoms with Crippen molar-refractivity contribution in [1.82, 2.24) is 10.3 Å². The second-order valence-corrected chi connectivity index (χ2v) is 5.10. The predicted molar refractivity (Wildman–Crippen MR) is 61.1 cm³/mol. The highest BCUT2D eigenvalue weighted by Crippen LogP contribution is 2.18.